The molecule has 11 heteroatoms. The van der Waals surface area contributed by atoms with E-state index in [0.29, 0.717) is 60.0 Å². The third kappa shape index (κ3) is 5.71. The number of carbonyl (C=O) groups is 1. The van der Waals surface area contributed by atoms with E-state index in [0.717, 1.165) is 22.2 Å². The summed E-state index contributed by atoms with van der Waals surface area (Å²) in [7, 11) is 1.59. The van der Waals surface area contributed by atoms with Gasteiger partial charge in [0.05, 0.1) is 18.2 Å². The highest BCUT2D eigenvalue weighted by Gasteiger charge is 2.25. The van der Waals surface area contributed by atoms with E-state index in [-0.39, 0.29) is 12.0 Å². The number of hydrogen-bond donors (Lipinski definition) is 2. The number of aromatic nitrogens is 5. The number of benzene rings is 2. The van der Waals surface area contributed by atoms with Gasteiger partial charge in [-0.1, -0.05) is 18.7 Å². The number of ether oxygens (including phenoxy) is 2. The monoisotopic (exact) mass is 579 g/mol. The molecule has 1 aliphatic heterocycles. The zero-order chi connectivity index (χ0) is 30.1. The van der Waals surface area contributed by atoms with E-state index in [1.807, 2.05) is 48.7 Å². The lowest BCUT2D eigenvalue weighted by Crippen LogP contribution is -2.41. The summed E-state index contributed by atoms with van der Waals surface area (Å²) in [4.78, 5) is 27.0. The molecule has 1 aliphatic rings. The van der Waals surface area contributed by atoms with Gasteiger partial charge in [0.1, 0.15) is 24.6 Å². The van der Waals surface area contributed by atoms with Gasteiger partial charge in [-0.2, -0.15) is 5.10 Å². The van der Waals surface area contributed by atoms with Gasteiger partial charge in [0, 0.05) is 60.4 Å². The molecule has 1 amide bonds. The summed E-state index contributed by atoms with van der Waals surface area (Å²) in [6.07, 6.45) is 7.57. The first kappa shape index (κ1) is 28.1. The van der Waals surface area contributed by atoms with Gasteiger partial charge in [-0.3, -0.25) is 4.79 Å². The Kier molecular flexibility index (Phi) is 7.41. The topological polar surface area (TPSA) is 127 Å². The Balaban J connectivity index is 1.35. The molecule has 2 aromatic carbocycles. The zero-order valence-corrected chi connectivity index (χ0v) is 24.3. The van der Waals surface area contributed by atoms with Gasteiger partial charge in [0.25, 0.3) is 0 Å². The van der Waals surface area contributed by atoms with Crippen molar-refractivity contribution in [2.24, 2.45) is 0 Å². The molecule has 0 unspecified atom stereocenters. The van der Waals surface area contributed by atoms with Crippen LogP contribution < -0.4 is 14.8 Å². The molecule has 220 valence electrons. The maximum atomic E-state index is 12.0. The number of carbonyl (C=O) groups excluding carboxylic acids is 1. The molecule has 0 radical (unpaired) electrons. The minimum atomic E-state index is -1.13. The van der Waals surface area contributed by atoms with Crippen molar-refractivity contribution in [2.45, 2.75) is 38.4 Å². The lowest BCUT2D eigenvalue weighted by molar-refractivity contribution is -0.127. The number of anilines is 2. The molecule has 1 fully saturated rings. The van der Waals surface area contributed by atoms with Crippen molar-refractivity contribution in [2.75, 3.05) is 25.5 Å². The minimum Gasteiger partial charge on any atom is -0.493 e. The van der Waals surface area contributed by atoms with Crippen molar-refractivity contribution in [3.05, 3.63) is 79.5 Å². The summed E-state index contributed by atoms with van der Waals surface area (Å²) in [6.45, 7) is 8.28. The first-order valence-electron chi connectivity index (χ1n) is 14.1. The number of nitrogens with zero attached hydrogens (tertiary/aromatic N) is 6. The number of fused-ring (bicyclic) bond motifs is 2. The molecule has 11 nitrogen and oxygen atoms in total. The molecule has 0 aliphatic carbocycles. The summed E-state index contributed by atoms with van der Waals surface area (Å²) >= 11 is 0. The van der Waals surface area contributed by atoms with Gasteiger partial charge in [-0.05, 0) is 49.8 Å². The Bertz CT molecular complexity index is 1820. The molecule has 5 aromatic rings. The van der Waals surface area contributed by atoms with Crippen LogP contribution in [0.2, 0.25) is 0 Å². The SMILES string of the molecule is C=CC(=O)N1CCC(Oc2cc3c(Nc4cc(-c5ccc6ncnn6c5)ccc4C(C)(C)O)ncnc3cc2OC)CC1. The molecule has 2 N–H and O–H groups in total. The van der Waals surface area contributed by atoms with Crippen molar-refractivity contribution in [3.8, 4) is 22.6 Å². The van der Waals surface area contributed by atoms with E-state index in [1.165, 1.54) is 18.7 Å². The van der Waals surface area contributed by atoms with Crippen LogP contribution in [-0.4, -0.2) is 66.8 Å². The normalized spacial score (nSPS) is 14.2. The molecule has 0 saturated carbocycles. The third-order valence-electron chi connectivity index (χ3n) is 7.68. The molecular weight excluding hydrogens is 546 g/mol. The third-order valence-corrected chi connectivity index (χ3v) is 7.68. The number of amides is 1. The Morgan fingerprint density at radius 2 is 1.84 bits per heavy atom. The molecule has 1 saturated heterocycles. The van der Waals surface area contributed by atoms with Crippen molar-refractivity contribution >= 4 is 34.0 Å². The fourth-order valence-corrected chi connectivity index (χ4v) is 5.39. The van der Waals surface area contributed by atoms with Crippen molar-refractivity contribution in [3.63, 3.8) is 0 Å². The highest BCUT2D eigenvalue weighted by Crippen LogP contribution is 2.38. The fourth-order valence-electron chi connectivity index (χ4n) is 5.39. The summed E-state index contributed by atoms with van der Waals surface area (Å²) < 4.78 is 13.8. The van der Waals surface area contributed by atoms with Crippen LogP contribution in [0.3, 0.4) is 0 Å². The van der Waals surface area contributed by atoms with Crippen LogP contribution in [-0.2, 0) is 10.4 Å². The van der Waals surface area contributed by atoms with Gasteiger partial charge in [0.2, 0.25) is 5.91 Å². The van der Waals surface area contributed by atoms with Gasteiger partial charge < -0.3 is 24.8 Å². The molecule has 43 heavy (non-hydrogen) atoms. The highest BCUT2D eigenvalue weighted by atomic mass is 16.5. The number of methoxy groups -OCH3 is 1. The molecule has 4 heterocycles. The van der Waals surface area contributed by atoms with E-state index >= 15 is 0 Å². The Morgan fingerprint density at radius 3 is 2.58 bits per heavy atom. The molecule has 0 spiro atoms. The second kappa shape index (κ2) is 11.3. The van der Waals surface area contributed by atoms with Crippen molar-refractivity contribution in [1.29, 1.82) is 0 Å². The van der Waals surface area contributed by atoms with Crippen molar-refractivity contribution in [1.82, 2.24) is 29.5 Å². The predicted octanol–water partition coefficient (Wildman–Crippen LogP) is 4.87. The maximum absolute atomic E-state index is 12.0. The summed E-state index contributed by atoms with van der Waals surface area (Å²) in [5, 5.41) is 19.5. The lowest BCUT2D eigenvalue weighted by Gasteiger charge is -2.31. The number of rotatable bonds is 8. The number of hydrogen-bond acceptors (Lipinski definition) is 9. The number of aliphatic hydroxyl groups is 1. The van der Waals surface area contributed by atoms with Crippen molar-refractivity contribution < 1.29 is 19.4 Å². The average Bonchev–Trinajstić information content (AvgIpc) is 3.48. The molecule has 0 atom stereocenters. The first-order valence-corrected chi connectivity index (χ1v) is 14.1. The second-order valence-electron chi connectivity index (χ2n) is 11.0. The second-order valence-corrected chi connectivity index (χ2v) is 11.0. The summed E-state index contributed by atoms with van der Waals surface area (Å²) in [6, 6.07) is 13.5. The fraction of sp³-hybridized carbons (Fsp3) is 0.281. The Labute approximate surface area is 248 Å². The molecular formula is C32H33N7O4. The van der Waals surface area contributed by atoms with Gasteiger partial charge in [0.15, 0.2) is 17.1 Å². The molecule has 0 bridgehead atoms. The Hall–Kier alpha value is -5.03. The van der Waals surface area contributed by atoms with E-state index in [2.05, 4.69) is 31.9 Å². The van der Waals surface area contributed by atoms with Crippen LogP contribution in [0.25, 0.3) is 27.7 Å². The largest absolute Gasteiger partial charge is 0.493 e. The van der Waals surface area contributed by atoms with Crippen LogP contribution in [0, 0.1) is 0 Å². The standard InChI is InChI=1S/C32H33N7O4/c1-5-30(40)38-12-10-22(11-13-38)43-28-15-23-25(16-27(28)42-4)33-18-35-31(23)37-26-14-20(6-8-24(26)32(2,3)41)21-7-9-29-34-19-36-39(29)17-21/h5-9,14-19,22,41H,1,10-13H2,2-4H3,(H,33,35,37). The Morgan fingerprint density at radius 1 is 1.05 bits per heavy atom. The zero-order valence-electron chi connectivity index (χ0n) is 24.3. The van der Waals surface area contributed by atoms with E-state index in [1.54, 1.807) is 30.4 Å². The number of pyridine rings is 1. The number of likely N-dealkylation sites (tertiary alicyclic amines) is 1. The first-order chi connectivity index (χ1) is 20.7. The smallest absolute Gasteiger partial charge is 0.245 e. The van der Waals surface area contributed by atoms with E-state index in [9.17, 15) is 9.90 Å². The molecule has 6 rings (SSSR count). The van der Waals surface area contributed by atoms with Crippen LogP contribution in [0.15, 0.2) is 74.0 Å². The number of piperidine rings is 1. The van der Waals surface area contributed by atoms with Crippen LogP contribution in [0.1, 0.15) is 32.3 Å². The van der Waals surface area contributed by atoms with E-state index in [4.69, 9.17) is 9.47 Å². The maximum Gasteiger partial charge on any atom is 0.245 e. The minimum absolute atomic E-state index is 0.0666. The lowest BCUT2D eigenvalue weighted by atomic mass is 9.93. The van der Waals surface area contributed by atoms with E-state index < -0.39 is 5.60 Å². The van der Waals surface area contributed by atoms with Gasteiger partial charge in [-0.15, -0.1) is 0 Å². The predicted molar refractivity (Wildman–Crippen MR) is 163 cm³/mol. The number of nitrogens with one attached hydrogen (secondary N) is 1. The summed E-state index contributed by atoms with van der Waals surface area (Å²) in [5.74, 6) is 1.62. The van der Waals surface area contributed by atoms with Crippen LogP contribution >= 0.6 is 0 Å². The van der Waals surface area contributed by atoms with Crippen LogP contribution in [0.4, 0.5) is 11.5 Å². The van der Waals surface area contributed by atoms with Gasteiger partial charge in [-0.25, -0.2) is 19.5 Å². The highest BCUT2D eigenvalue weighted by molar-refractivity contribution is 5.93. The average molecular weight is 580 g/mol. The quantitative estimate of drug-likeness (QED) is 0.247. The van der Waals surface area contributed by atoms with Gasteiger partial charge >= 0.3 is 0 Å². The molecule has 3 aromatic heterocycles. The van der Waals surface area contributed by atoms with Crippen LogP contribution in [0.5, 0.6) is 11.5 Å². The summed E-state index contributed by atoms with van der Waals surface area (Å²) in [5.41, 5.74) is 3.57.